The van der Waals surface area contributed by atoms with E-state index in [9.17, 15) is 4.79 Å². The van der Waals surface area contributed by atoms with Gasteiger partial charge >= 0.3 is 0 Å². The number of hydrogen-bond donors (Lipinski definition) is 2. The van der Waals surface area contributed by atoms with Crippen LogP contribution >= 0.6 is 0 Å². The third kappa shape index (κ3) is 6.58. The topological polar surface area (TPSA) is 41.1 Å². The normalized spacial score (nSPS) is 10.5. The van der Waals surface area contributed by atoms with Crippen molar-refractivity contribution >= 4 is 5.91 Å². The highest BCUT2D eigenvalue weighted by atomic mass is 16.1. The molecule has 0 bridgehead atoms. The molecule has 0 aliphatic heterocycles. The fraction of sp³-hybridized carbons (Fsp3) is 0.900. The van der Waals surface area contributed by atoms with E-state index >= 15 is 0 Å². The molecule has 0 aliphatic carbocycles. The van der Waals surface area contributed by atoms with Crippen molar-refractivity contribution < 1.29 is 4.79 Å². The summed E-state index contributed by atoms with van der Waals surface area (Å²) in [7, 11) is 1.67. The Labute approximate surface area is 81.3 Å². The second-order valence-electron chi connectivity index (χ2n) is 3.33. The Balaban J connectivity index is 3.61. The van der Waals surface area contributed by atoms with Crippen LogP contribution in [-0.4, -0.2) is 25.5 Å². The highest BCUT2D eigenvalue weighted by Crippen LogP contribution is 2.03. The summed E-state index contributed by atoms with van der Waals surface area (Å²) in [6.07, 6.45) is 4.66. The van der Waals surface area contributed by atoms with E-state index in [4.69, 9.17) is 0 Å². The molecule has 0 atom stereocenters. The van der Waals surface area contributed by atoms with E-state index in [0.717, 1.165) is 12.8 Å². The zero-order valence-corrected chi connectivity index (χ0v) is 9.02. The molecule has 0 radical (unpaired) electrons. The van der Waals surface area contributed by atoms with Crippen LogP contribution in [0.5, 0.6) is 0 Å². The average molecular weight is 186 g/mol. The Morgan fingerprint density at radius 3 is 2.15 bits per heavy atom. The third-order valence-corrected chi connectivity index (χ3v) is 2.10. The van der Waals surface area contributed by atoms with Crippen LogP contribution in [0.1, 0.15) is 39.5 Å². The van der Waals surface area contributed by atoms with E-state index in [1.165, 1.54) is 12.8 Å². The van der Waals surface area contributed by atoms with Gasteiger partial charge in [-0.15, -0.1) is 0 Å². The number of carbonyl (C=O) groups excluding carboxylic acids is 1. The van der Waals surface area contributed by atoms with E-state index in [-0.39, 0.29) is 5.91 Å². The molecule has 0 aliphatic rings. The first kappa shape index (κ1) is 12.4. The maximum Gasteiger partial charge on any atom is 0.233 e. The van der Waals surface area contributed by atoms with E-state index in [0.29, 0.717) is 12.6 Å². The van der Waals surface area contributed by atoms with Gasteiger partial charge in [-0.25, -0.2) is 0 Å². The molecule has 13 heavy (non-hydrogen) atoms. The molecule has 3 nitrogen and oxygen atoms in total. The van der Waals surface area contributed by atoms with Gasteiger partial charge < -0.3 is 10.6 Å². The molecule has 0 unspecified atom stereocenters. The molecule has 1 amide bonds. The summed E-state index contributed by atoms with van der Waals surface area (Å²) in [5.74, 6) is 0.0669. The summed E-state index contributed by atoms with van der Waals surface area (Å²) in [6.45, 7) is 4.79. The van der Waals surface area contributed by atoms with Crippen molar-refractivity contribution in [2.24, 2.45) is 0 Å². The molecule has 2 N–H and O–H groups in total. The van der Waals surface area contributed by atoms with Crippen molar-refractivity contribution in [2.75, 3.05) is 13.6 Å². The zero-order chi connectivity index (χ0) is 10.1. The standard InChI is InChI=1S/C10H22N2O/c1-4-6-9(7-5-2)12-8-10(13)11-3/h9,12H,4-8H2,1-3H3,(H,11,13). The number of likely N-dealkylation sites (N-methyl/N-ethyl adjacent to an activating group) is 1. The van der Waals surface area contributed by atoms with Gasteiger partial charge in [0.25, 0.3) is 0 Å². The lowest BCUT2D eigenvalue weighted by Crippen LogP contribution is -2.37. The molecule has 0 spiro atoms. The van der Waals surface area contributed by atoms with Gasteiger partial charge in [0.15, 0.2) is 0 Å². The fourth-order valence-electron chi connectivity index (χ4n) is 1.37. The van der Waals surface area contributed by atoms with E-state index in [1.54, 1.807) is 7.05 Å². The summed E-state index contributed by atoms with van der Waals surface area (Å²) in [6, 6.07) is 0.507. The minimum absolute atomic E-state index is 0.0669. The van der Waals surface area contributed by atoms with E-state index in [2.05, 4.69) is 24.5 Å². The largest absolute Gasteiger partial charge is 0.358 e. The van der Waals surface area contributed by atoms with Crippen LogP contribution in [0.4, 0.5) is 0 Å². The molecule has 0 rings (SSSR count). The molecule has 0 aromatic rings. The Morgan fingerprint density at radius 2 is 1.77 bits per heavy atom. The third-order valence-electron chi connectivity index (χ3n) is 2.10. The number of carbonyl (C=O) groups is 1. The lowest BCUT2D eigenvalue weighted by molar-refractivity contribution is -0.119. The predicted molar refractivity (Wildman–Crippen MR) is 55.7 cm³/mol. The van der Waals surface area contributed by atoms with Gasteiger partial charge in [0.1, 0.15) is 0 Å². The van der Waals surface area contributed by atoms with Gasteiger partial charge in [0.2, 0.25) is 5.91 Å². The van der Waals surface area contributed by atoms with E-state index in [1.807, 2.05) is 0 Å². The Kier molecular flexibility index (Phi) is 7.69. The monoisotopic (exact) mass is 186 g/mol. The summed E-state index contributed by atoms with van der Waals surface area (Å²) in [4.78, 5) is 11.0. The molecule has 78 valence electrons. The van der Waals surface area contributed by atoms with Crippen LogP contribution in [0, 0.1) is 0 Å². The van der Waals surface area contributed by atoms with Gasteiger partial charge in [-0.1, -0.05) is 26.7 Å². The van der Waals surface area contributed by atoms with Crippen molar-refractivity contribution in [3.8, 4) is 0 Å². The summed E-state index contributed by atoms with van der Waals surface area (Å²) in [5, 5.41) is 5.86. The molecule has 0 aromatic carbocycles. The molecule has 0 saturated heterocycles. The summed E-state index contributed by atoms with van der Waals surface area (Å²) >= 11 is 0. The highest BCUT2D eigenvalue weighted by molar-refractivity contribution is 5.77. The first-order valence-corrected chi connectivity index (χ1v) is 5.18. The first-order chi connectivity index (χ1) is 6.24. The van der Waals surface area contributed by atoms with Gasteiger partial charge in [0, 0.05) is 13.1 Å². The Hall–Kier alpha value is -0.570. The number of nitrogens with one attached hydrogen (secondary N) is 2. The fourth-order valence-corrected chi connectivity index (χ4v) is 1.37. The molecule has 0 saturated carbocycles. The lowest BCUT2D eigenvalue weighted by atomic mass is 10.1. The molecular formula is C10H22N2O. The van der Waals surface area contributed by atoms with Crippen LogP contribution in [0.15, 0.2) is 0 Å². The minimum Gasteiger partial charge on any atom is -0.358 e. The molecule has 0 heterocycles. The smallest absolute Gasteiger partial charge is 0.233 e. The number of rotatable bonds is 7. The van der Waals surface area contributed by atoms with E-state index < -0.39 is 0 Å². The minimum atomic E-state index is 0.0669. The van der Waals surface area contributed by atoms with Crippen molar-refractivity contribution in [2.45, 2.75) is 45.6 Å². The highest BCUT2D eigenvalue weighted by Gasteiger charge is 2.06. The second-order valence-corrected chi connectivity index (χ2v) is 3.33. The van der Waals surface area contributed by atoms with Gasteiger partial charge in [-0.2, -0.15) is 0 Å². The van der Waals surface area contributed by atoms with Crippen LogP contribution in [-0.2, 0) is 4.79 Å². The maximum atomic E-state index is 11.0. The molecule has 3 heteroatoms. The summed E-state index contributed by atoms with van der Waals surface area (Å²) in [5.41, 5.74) is 0. The lowest BCUT2D eigenvalue weighted by Gasteiger charge is -2.16. The Bertz CT molecular complexity index is 131. The predicted octanol–water partition coefficient (Wildman–Crippen LogP) is 1.29. The van der Waals surface area contributed by atoms with Crippen LogP contribution in [0.3, 0.4) is 0 Å². The SMILES string of the molecule is CCCC(CCC)NCC(=O)NC. The zero-order valence-electron chi connectivity index (χ0n) is 9.02. The number of hydrogen-bond acceptors (Lipinski definition) is 2. The quantitative estimate of drug-likeness (QED) is 0.629. The average Bonchev–Trinajstić information content (AvgIpc) is 2.14. The van der Waals surface area contributed by atoms with Crippen molar-refractivity contribution in [1.82, 2.24) is 10.6 Å². The molecule has 0 aromatic heterocycles. The second kappa shape index (κ2) is 8.05. The maximum absolute atomic E-state index is 11.0. The summed E-state index contributed by atoms with van der Waals surface area (Å²) < 4.78 is 0. The van der Waals surface area contributed by atoms with Gasteiger partial charge in [0.05, 0.1) is 6.54 Å². The van der Waals surface area contributed by atoms with Crippen LogP contribution in [0.2, 0.25) is 0 Å². The van der Waals surface area contributed by atoms with Crippen molar-refractivity contribution in [1.29, 1.82) is 0 Å². The Morgan fingerprint density at radius 1 is 1.23 bits per heavy atom. The number of amides is 1. The first-order valence-electron chi connectivity index (χ1n) is 5.18. The molecule has 0 fully saturated rings. The van der Waals surface area contributed by atoms with Crippen LogP contribution in [0.25, 0.3) is 0 Å². The van der Waals surface area contributed by atoms with Crippen molar-refractivity contribution in [3.05, 3.63) is 0 Å². The van der Waals surface area contributed by atoms with Crippen LogP contribution < -0.4 is 10.6 Å². The van der Waals surface area contributed by atoms with Gasteiger partial charge in [-0.3, -0.25) is 4.79 Å². The molecular weight excluding hydrogens is 164 g/mol. The van der Waals surface area contributed by atoms with Gasteiger partial charge in [-0.05, 0) is 12.8 Å². The van der Waals surface area contributed by atoms with Crippen molar-refractivity contribution in [3.63, 3.8) is 0 Å².